The van der Waals surface area contributed by atoms with Gasteiger partial charge in [0.2, 0.25) is 5.91 Å². The predicted octanol–water partition coefficient (Wildman–Crippen LogP) is 3.83. The van der Waals surface area contributed by atoms with E-state index in [9.17, 15) is 4.79 Å². The van der Waals surface area contributed by atoms with Crippen molar-refractivity contribution in [1.29, 1.82) is 0 Å². The van der Waals surface area contributed by atoms with Crippen molar-refractivity contribution in [1.82, 2.24) is 9.80 Å². The maximum absolute atomic E-state index is 13.3. The van der Waals surface area contributed by atoms with Gasteiger partial charge in [-0.2, -0.15) is 0 Å². The van der Waals surface area contributed by atoms with Gasteiger partial charge in [-0.15, -0.1) is 0 Å². The summed E-state index contributed by atoms with van der Waals surface area (Å²) in [5.74, 6) is 0.622. The second-order valence-electron chi connectivity index (χ2n) is 9.14. The first-order valence-electron chi connectivity index (χ1n) is 11.4. The minimum atomic E-state index is -0.331. The number of likely N-dealkylation sites (N-methyl/N-ethyl adjacent to an activating group) is 1. The van der Waals surface area contributed by atoms with Gasteiger partial charge in [-0.05, 0) is 42.1 Å². The second kappa shape index (κ2) is 9.41. The van der Waals surface area contributed by atoms with Gasteiger partial charge in [-0.1, -0.05) is 50.2 Å². The summed E-state index contributed by atoms with van der Waals surface area (Å²) >= 11 is 0. The van der Waals surface area contributed by atoms with Crippen LogP contribution in [0.2, 0.25) is 0 Å². The highest BCUT2D eigenvalue weighted by Gasteiger charge is 2.34. The van der Waals surface area contributed by atoms with Crippen LogP contribution >= 0.6 is 0 Å². The Balaban J connectivity index is 1.56. The van der Waals surface area contributed by atoms with E-state index in [-0.39, 0.29) is 12.1 Å². The van der Waals surface area contributed by atoms with Crippen LogP contribution in [0.1, 0.15) is 48.2 Å². The summed E-state index contributed by atoms with van der Waals surface area (Å²) in [6.07, 6.45) is 0.945. The quantitative estimate of drug-likeness (QED) is 0.735. The highest BCUT2D eigenvalue weighted by Crippen LogP contribution is 2.38. The summed E-state index contributed by atoms with van der Waals surface area (Å²) in [6.45, 7) is 9.17. The number of nitrogens with zero attached hydrogens (tertiary/aromatic N) is 3. The molecule has 2 aromatic carbocycles. The average molecular weight is 422 g/mol. The molecule has 0 aromatic heterocycles. The zero-order valence-corrected chi connectivity index (χ0v) is 19.3. The normalized spacial score (nSPS) is 19.6. The zero-order valence-electron chi connectivity index (χ0n) is 19.3. The van der Waals surface area contributed by atoms with Gasteiger partial charge in [0.15, 0.2) is 6.23 Å². The molecule has 4 rings (SSSR count). The molecule has 2 aromatic rings. The summed E-state index contributed by atoms with van der Waals surface area (Å²) in [5.41, 5.74) is 6.05. The molecular formula is C26H35N3O2. The van der Waals surface area contributed by atoms with Crippen LogP contribution < -0.4 is 4.90 Å². The van der Waals surface area contributed by atoms with Gasteiger partial charge in [-0.25, -0.2) is 0 Å². The van der Waals surface area contributed by atoms with E-state index in [2.05, 4.69) is 73.2 Å². The minimum Gasteiger partial charge on any atom is -0.369 e. The summed E-state index contributed by atoms with van der Waals surface area (Å²) in [5, 5.41) is 0. The number of carbonyl (C=O) groups is 1. The molecule has 5 heteroatoms. The van der Waals surface area contributed by atoms with Crippen LogP contribution in [0.3, 0.4) is 0 Å². The third kappa shape index (κ3) is 4.63. The number of methoxy groups -OCH3 is 1. The number of rotatable bonds is 5. The molecule has 0 aliphatic carbocycles. The smallest absolute Gasteiger partial charge is 0.229 e. The van der Waals surface area contributed by atoms with E-state index in [1.54, 1.807) is 7.11 Å². The van der Waals surface area contributed by atoms with Gasteiger partial charge in [0.1, 0.15) is 0 Å². The first kappa shape index (κ1) is 21.8. The minimum absolute atomic E-state index is 0.128. The first-order valence-corrected chi connectivity index (χ1v) is 11.4. The Morgan fingerprint density at radius 3 is 2.39 bits per heavy atom. The van der Waals surface area contributed by atoms with E-state index < -0.39 is 0 Å². The predicted molar refractivity (Wildman–Crippen MR) is 126 cm³/mol. The lowest BCUT2D eigenvalue weighted by atomic mass is 9.94. The molecule has 0 saturated carbocycles. The van der Waals surface area contributed by atoms with Crippen LogP contribution in [0.4, 0.5) is 5.69 Å². The van der Waals surface area contributed by atoms with E-state index in [1.807, 2.05) is 4.90 Å². The lowest BCUT2D eigenvalue weighted by molar-refractivity contribution is -0.145. The zero-order chi connectivity index (χ0) is 22.0. The Hall–Kier alpha value is -2.37. The van der Waals surface area contributed by atoms with Crippen molar-refractivity contribution in [3.8, 4) is 0 Å². The molecule has 5 nitrogen and oxygen atoms in total. The van der Waals surface area contributed by atoms with E-state index >= 15 is 0 Å². The van der Waals surface area contributed by atoms with Crippen molar-refractivity contribution >= 4 is 11.6 Å². The number of benzene rings is 2. The van der Waals surface area contributed by atoms with Crippen LogP contribution in [-0.2, 0) is 22.4 Å². The first-order chi connectivity index (χ1) is 15.0. The van der Waals surface area contributed by atoms with Gasteiger partial charge in [-0.3, -0.25) is 4.79 Å². The summed E-state index contributed by atoms with van der Waals surface area (Å²) in [6, 6.07) is 15.0. The van der Waals surface area contributed by atoms with E-state index in [1.165, 1.54) is 22.4 Å². The Morgan fingerprint density at radius 1 is 1.03 bits per heavy atom. The number of carbonyl (C=O) groups excluding carboxylic acids is 1. The van der Waals surface area contributed by atoms with Gasteiger partial charge in [0, 0.05) is 51.1 Å². The van der Waals surface area contributed by atoms with Crippen LogP contribution in [-0.4, -0.2) is 62.6 Å². The Labute approximate surface area is 186 Å². The molecule has 166 valence electrons. The van der Waals surface area contributed by atoms with Gasteiger partial charge in [0.25, 0.3) is 0 Å². The SMILES string of the molecule is COC1c2c(cccc2N2CCN(C)CC2)CCN1C(=O)Cc1ccc(C(C)C)cc1. The summed E-state index contributed by atoms with van der Waals surface area (Å²) < 4.78 is 5.96. The Bertz CT molecular complexity index is 901. The molecule has 2 heterocycles. The molecule has 1 atom stereocenters. The topological polar surface area (TPSA) is 36.0 Å². The van der Waals surface area contributed by atoms with E-state index in [4.69, 9.17) is 4.74 Å². The van der Waals surface area contributed by atoms with E-state index in [0.29, 0.717) is 18.9 Å². The third-order valence-corrected chi connectivity index (χ3v) is 6.71. The monoisotopic (exact) mass is 421 g/mol. The van der Waals surface area contributed by atoms with Gasteiger partial charge >= 0.3 is 0 Å². The molecule has 31 heavy (non-hydrogen) atoms. The highest BCUT2D eigenvalue weighted by molar-refractivity contribution is 5.80. The molecule has 0 spiro atoms. The van der Waals surface area contributed by atoms with Crippen molar-refractivity contribution in [2.75, 3.05) is 51.8 Å². The van der Waals surface area contributed by atoms with Crippen molar-refractivity contribution < 1.29 is 9.53 Å². The number of hydrogen-bond donors (Lipinski definition) is 0. The molecule has 1 saturated heterocycles. The molecule has 1 unspecified atom stereocenters. The lowest BCUT2D eigenvalue weighted by Gasteiger charge is -2.41. The van der Waals surface area contributed by atoms with Crippen molar-refractivity contribution in [2.24, 2.45) is 0 Å². The number of ether oxygens (including phenoxy) is 1. The molecule has 1 amide bonds. The lowest BCUT2D eigenvalue weighted by Crippen LogP contribution is -2.46. The number of hydrogen-bond acceptors (Lipinski definition) is 4. The number of anilines is 1. The standard InChI is InChI=1S/C26H35N3O2/c1-19(2)21-10-8-20(9-11-21)18-24(30)29-13-12-22-6-5-7-23(25(22)26(29)31-4)28-16-14-27(3)15-17-28/h5-11,19,26H,12-18H2,1-4H3. The van der Waals surface area contributed by atoms with Gasteiger partial charge < -0.3 is 19.4 Å². The maximum atomic E-state index is 13.3. The molecular weight excluding hydrogens is 386 g/mol. The fourth-order valence-electron chi connectivity index (χ4n) is 4.74. The van der Waals surface area contributed by atoms with Gasteiger partial charge in [0.05, 0.1) is 6.42 Å². The maximum Gasteiger partial charge on any atom is 0.229 e. The molecule has 2 aliphatic rings. The molecule has 0 N–H and O–H groups in total. The van der Waals surface area contributed by atoms with Crippen LogP contribution in [0.5, 0.6) is 0 Å². The largest absolute Gasteiger partial charge is 0.369 e. The molecule has 1 fully saturated rings. The van der Waals surface area contributed by atoms with Crippen LogP contribution in [0.25, 0.3) is 0 Å². The molecule has 0 bridgehead atoms. The summed E-state index contributed by atoms with van der Waals surface area (Å²) in [4.78, 5) is 20.1. The molecule has 2 aliphatic heterocycles. The number of piperazine rings is 1. The second-order valence-corrected chi connectivity index (χ2v) is 9.14. The molecule has 0 radical (unpaired) electrons. The van der Waals surface area contributed by atoms with Crippen LogP contribution in [0, 0.1) is 0 Å². The Morgan fingerprint density at radius 2 is 1.74 bits per heavy atom. The van der Waals surface area contributed by atoms with Crippen molar-refractivity contribution in [3.05, 3.63) is 64.7 Å². The number of fused-ring (bicyclic) bond motifs is 1. The fourth-order valence-corrected chi connectivity index (χ4v) is 4.74. The van der Waals surface area contributed by atoms with Crippen molar-refractivity contribution in [2.45, 2.75) is 38.8 Å². The Kier molecular flexibility index (Phi) is 6.63. The highest BCUT2D eigenvalue weighted by atomic mass is 16.5. The third-order valence-electron chi connectivity index (χ3n) is 6.71. The van der Waals surface area contributed by atoms with Crippen molar-refractivity contribution in [3.63, 3.8) is 0 Å². The summed E-state index contributed by atoms with van der Waals surface area (Å²) in [7, 11) is 3.89. The van der Waals surface area contributed by atoms with E-state index in [0.717, 1.165) is 38.2 Å². The number of amides is 1. The average Bonchev–Trinajstić information content (AvgIpc) is 2.78. The fraction of sp³-hybridized carbons (Fsp3) is 0.500. The van der Waals surface area contributed by atoms with Crippen LogP contribution in [0.15, 0.2) is 42.5 Å².